The van der Waals surface area contributed by atoms with E-state index in [1.165, 1.54) is 0 Å². The molecule has 5 nitrogen and oxygen atoms in total. The van der Waals surface area contributed by atoms with Crippen molar-refractivity contribution in [3.63, 3.8) is 0 Å². The van der Waals surface area contributed by atoms with Crippen LogP contribution < -0.4 is 10.6 Å². The molecule has 5 heteroatoms. The monoisotopic (exact) mass is 300 g/mol. The molecule has 0 aliphatic heterocycles. The van der Waals surface area contributed by atoms with Gasteiger partial charge in [-0.15, -0.1) is 0 Å². The van der Waals surface area contributed by atoms with Crippen LogP contribution in [0.4, 0.5) is 0 Å². The van der Waals surface area contributed by atoms with Gasteiger partial charge in [0.25, 0.3) is 0 Å². The van der Waals surface area contributed by atoms with Crippen LogP contribution in [0.25, 0.3) is 0 Å². The maximum Gasteiger partial charge on any atom is 0.310 e. The van der Waals surface area contributed by atoms with Gasteiger partial charge in [0, 0.05) is 11.6 Å². The van der Waals surface area contributed by atoms with E-state index in [9.17, 15) is 14.7 Å². The van der Waals surface area contributed by atoms with Crippen LogP contribution in [-0.4, -0.2) is 35.1 Å². The average Bonchev–Trinajstić information content (AvgIpc) is 2.33. The van der Waals surface area contributed by atoms with Gasteiger partial charge in [-0.25, -0.2) is 0 Å². The first-order valence-corrected chi connectivity index (χ1v) is 7.68. The zero-order valence-corrected chi connectivity index (χ0v) is 14.5. The highest BCUT2D eigenvalue weighted by molar-refractivity contribution is 5.79. The summed E-state index contributed by atoms with van der Waals surface area (Å²) in [5.74, 6) is -0.357. The minimum atomic E-state index is -0.962. The molecule has 0 rings (SSSR count). The van der Waals surface area contributed by atoms with Crippen LogP contribution in [0.3, 0.4) is 0 Å². The van der Waals surface area contributed by atoms with Gasteiger partial charge in [-0.2, -0.15) is 0 Å². The summed E-state index contributed by atoms with van der Waals surface area (Å²) in [6.45, 7) is 13.4. The number of carboxylic acid groups (broad SMARTS) is 1. The summed E-state index contributed by atoms with van der Waals surface area (Å²) in [6.07, 6.45) is 2.03. The molecule has 0 spiro atoms. The van der Waals surface area contributed by atoms with Crippen molar-refractivity contribution in [2.24, 2.45) is 11.3 Å². The molecule has 124 valence electrons. The van der Waals surface area contributed by atoms with E-state index in [0.717, 1.165) is 12.8 Å². The fourth-order valence-electron chi connectivity index (χ4n) is 1.77. The molecule has 0 aromatic rings. The number of aliphatic carboxylic acids is 1. The Hall–Kier alpha value is -1.10. The molecule has 21 heavy (non-hydrogen) atoms. The van der Waals surface area contributed by atoms with Crippen molar-refractivity contribution in [2.45, 2.75) is 72.9 Å². The SMILES string of the molecule is CC(C)CCC(C)NC(=O)CNC(C)(C)C(C)(C)C(=O)O. The van der Waals surface area contributed by atoms with E-state index in [1.807, 2.05) is 6.92 Å². The number of hydrogen-bond acceptors (Lipinski definition) is 3. The largest absolute Gasteiger partial charge is 0.481 e. The molecule has 0 bridgehead atoms. The van der Waals surface area contributed by atoms with E-state index in [-0.39, 0.29) is 18.5 Å². The van der Waals surface area contributed by atoms with Crippen LogP contribution in [0.1, 0.15) is 61.3 Å². The van der Waals surface area contributed by atoms with Crippen molar-refractivity contribution in [3.8, 4) is 0 Å². The Bertz CT molecular complexity index is 363. The summed E-state index contributed by atoms with van der Waals surface area (Å²) < 4.78 is 0. The molecule has 0 fully saturated rings. The summed E-state index contributed by atoms with van der Waals surface area (Å²) in [7, 11) is 0. The third-order valence-corrected chi connectivity index (χ3v) is 4.37. The van der Waals surface area contributed by atoms with Crippen molar-refractivity contribution < 1.29 is 14.7 Å². The van der Waals surface area contributed by atoms with E-state index in [2.05, 4.69) is 24.5 Å². The molecule has 0 radical (unpaired) electrons. The molecule has 0 heterocycles. The first-order chi connectivity index (χ1) is 9.40. The Morgan fingerprint density at radius 2 is 1.57 bits per heavy atom. The topological polar surface area (TPSA) is 78.4 Å². The summed E-state index contributed by atoms with van der Waals surface area (Å²) in [6, 6.07) is 0.136. The lowest BCUT2D eigenvalue weighted by Gasteiger charge is -2.39. The smallest absolute Gasteiger partial charge is 0.310 e. The molecule has 0 aliphatic carbocycles. The molecule has 0 aromatic carbocycles. The zero-order chi connectivity index (χ0) is 16.8. The van der Waals surface area contributed by atoms with E-state index >= 15 is 0 Å². The number of amides is 1. The maximum absolute atomic E-state index is 11.9. The third-order valence-electron chi connectivity index (χ3n) is 4.37. The van der Waals surface area contributed by atoms with E-state index in [4.69, 9.17) is 0 Å². The Labute approximate surface area is 128 Å². The number of nitrogens with one attached hydrogen (secondary N) is 2. The third kappa shape index (κ3) is 6.46. The Morgan fingerprint density at radius 1 is 1.05 bits per heavy atom. The fraction of sp³-hybridized carbons (Fsp3) is 0.875. The molecular weight excluding hydrogens is 268 g/mol. The maximum atomic E-state index is 11.9. The van der Waals surface area contributed by atoms with Crippen LogP contribution >= 0.6 is 0 Å². The van der Waals surface area contributed by atoms with E-state index in [1.54, 1.807) is 27.7 Å². The first kappa shape index (κ1) is 19.9. The van der Waals surface area contributed by atoms with Gasteiger partial charge >= 0.3 is 5.97 Å². The van der Waals surface area contributed by atoms with Gasteiger partial charge in [-0.3, -0.25) is 9.59 Å². The fourth-order valence-corrected chi connectivity index (χ4v) is 1.77. The van der Waals surface area contributed by atoms with Crippen molar-refractivity contribution in [3.05, 3.63) is 0 Å². The highest BCUT2D eigenvalue weighted by Gasteiger charge is 2.43. The summed E-state index contributed by atoms with van der Waals surface area (Å²) in [5.41, 5.74) is -1.64. The lowest BCUT2D eigenvalue weighted by atomic mass is 9.74. The number of rotatable bonds is 9. The van der Waals surface area contributed by atoms with Crippen molar-refractivity contribution in [1.82, 2.24) is 10.6 Å². The molecular formula is C16H32N2O3. The van der Waals surface area contributed by atoms with Gasteiger partial charge in [0.1, 0.15) is 0 Å². The minimum Gasteiger partial charge on any atom is -0.481 e. The van der Waals surface area contributed by atoms with E-state index < -0.39 is 16.9 Å². The second-order valence-corrected chi connectivity index (χ2v) is 7.35. The Balaban J connectivity index is 4.33. The molecule has 1 atom stereocenters. The standard InChI is InChI=1S/C16H32N2O3/c1-11(2)8-9-12(3)18-13(19)10-17-16(6,7)15(4,5)14(20)21/h11-12,17H,8-10H2,1-7H3,(H,18,19)(H,20,21). The molecule has 1 unspecified atom stereocenters. The van der Waals surface area contributed by atoms with Gasteiger partial charge in [-0.05, 0) is 53.4 Å². The highest BCUT2D eigenvalue weighted by Crippen LogP contribution is 2.30. The molecule has 0 saturated carbocycles. The Morgan fingerprint density at radius 3 is 2.00 bits per heavy atom. The number of carbonyl (C=O) groups excluding carboxylic acids is 1. The van der Waals surface area contributed by atoms with Crippen LogP contribution in [0.2, 0.25) is 0 Å². The predicted molar refractivity (Wildman–Crippen MR) is 85.2 cm³/mol. The first-order valence-electron chi connectivity index (χ1n) is 7.68. The second kappa shape index (κ2) is 7.78. The summed E-state index contributed by atoms with van der Waals surface area (Å²) in [5, 5.41) is 15.3. The molecule has 1 amide bonds. The molecule has 0 aliphatic rings. The number of carboxylic acids is 1. The van der Waals surface area contributed by atoms with Gasteiger partial charge in [-0.1, -0.05) is 13.8 Å². The van der Waals surface area contributed by atoms with Crippen LogP contribution in [-0.2, 0) is 9.59 Å². The van der Waals surface area contributed by atoms with Crippen LogP contribution in [0.5, 0.6) is 0 Å². The van der Waals surface area contributed by atoms with Crippen LogP contribution in [0, 0.1) is 11.3 Å². The molecule has 0 aromatic heterocycles. The lowest BCUT2D eigenvalue weighted by molar-refractivity contribution is -0.151. The quantitative estimate of drug-likeness (QED) is 0.611. The van der Waals surface area contributed by atoms with Crippen LogP contribution in [0.15, 0.2) is 0 Å². The molecule has 3 N–H and O–H groups in total. The number of hydrogen-bond donors (Lipinski definition) is 3. The normalized spacial score (nSPS) is 14.1. The van der Waals surface area contributed by atoms with Gasteiger partial charge in [0.05, 0.1) is 12.0 Å². The summed E-state index contributed by atoms with van der Waals surface area (Å²) in [4.78, 5) is 23.2. The number of carbonyl (C=O) groups is 2. The average molecular weight is 300 g/mol. The van der Waals surface area contributed by atoms with E-state index in [0.29, 0.717) is 5.92 Å². The predicted octanol–water partition coefficient (Wildman–Crippen LogP) is 2.41. The van der Waals surface area contributed by atoms with Crippen molar-refractivity contribution in [2.75, 3.05) is 6.54 Å². The van der Waals surface area contributed by atoms with Gasteiger partial charge in [0.2, 0.25) is 5.91 Å². The lowest BCUT2D eigenvalue weighted by Crippen LogP contribution is -2.57. The van der Waals surface area contributed by atoms with Crippen molar-refractivity contribution >= 4 is 11.9 Å². The zero-order valence-electron chi connectivity index (χ0n) is 14.5. The highest BCUT2D eigenvalue weighted by atomic mass is 16.4. The van der Waals surface area contributed by atoms with Crippen molar-refractivity contribution in [1.29, 1.82) is 0 Å². The second-order valence-electron chi connectivity index (χ2n) is 7.35. The van der Waals surface area contributed by atoms with Gasteiger partial charge < -0.3 is 15.7 Å². The van der Waals surface area contributed by atoms with Gasteiger partial charge in [0.15, 0.2) is 0 Å². The minimum absolute atomic E-state index is 0.0967. The molecule has 0 saturated heterocycles. The Kier molecular flexibility index (Phi) is 7.37. The summed E-state index contributed by atoms with van der Waals surface area (Å²) >= 11 is 0.